The molecule has 102 valence electrons. The fraction of sp³-hybridized carbons (Fsp3) is 0.615. The zero-order valence-corrected chi connectivity index (χ0v) is 11.9. The van der Waals surface area contributed by atoms with Crippen LogP contribution in [0.5, 0.6) is 0 Å². The van der Waals surface area contributed by atoms with E-state index < -0.39 is 0 Å². The zero-order valence-electron chi connectivity index (χ0n) is 11.1. The molecule has 0 spiro atoms. The molecular formula is C13H22N2O2S. The molecule has 1 atom stereocenters. The van der Waals surface area contributed by atoms with Gasteiger partial charge in [-0.25, -0.2) is 0 Å². The third kappa shape index (κ3) is 6.61. The van der Waals surface area contributed by atoms with Crippen LogP contribution in [-0.4, -0.2) is 31.4 Å². The second-order valence-corrected chi connectivity index (χ2v) is 4.67. The number of furan rings is 1. The summed E-state index contributed by atoms with van der Waals surface area (Å²) in [4.78, 5) is 0. The van der Waals surface area contributed by atoms with E-state index in [9.17, 15) is 0 Å². The zero-order chi connectivity index (χ0) is 13.2. The molecule has 1 rings (SSSR count). The molecule has 0 fully saturated rings. The van der Waals surface area contributed by atoms with E-state index in [0.717, 1.165) is 38.2 Å². The molecule has 0 aromatic carbocycles. The van der Waals surface area contributed by atoms with Crippen molar-refractivity contribution in [3.63, 3.8) is 0 Å². The van der Waals surface area contributed by atoms with Crippen LogP contribution in [0.15, 0.2) is 22.8 Å². The molecule has 0 radical (unpaired) electrons. The Bertz CT molecular complexity index is 328. The molecule has 0 aliphatic heterocycles. The van der Waals surface area contributed by atoms with Gasteiger partial charge in [0.2, 0.25) is 0 Å². The van der Waals surface area contributed by atoms with E-state index in [1.54, 1.807) is 13.4 Å². The highest BCUT2D eigenvalue weighted by molar-refractivity contribution is 7.80. The molecule has 0 saturated heterocycles. The maximum absolute atomic E-state index is 5.29. The largest absolute Gasteiger partial charge is 0.469 e. The van der Waals surface area contributed by atoms with E-state index >= 15 is 0 Å². The van der Waals surface area contributed by atoms with Crippen LogP contribution >= 0.6 is 12.2 Å². The first-order valence-electron chi connectivity index (χ1n) is 6.28. The van der Waals surface area contributed by atoms with Crippen molar-refractivity contribution in [3.05, 3.63) is 24.2 Å². The smallest absolute Gasteiger partial charge is 0.166 e. The van der Waals surface area contributed by atoms with Crippen molar-refractivity contribution < 1.29 is 9.15 Å². The lowest BCUT2D eigenvalue weighted by Crippen LogP contribution is -2.41. The standard InChI is InChI=1S/C13H22N2O2S/c1-11(6-7-12-5-3-10-17-12)15-13(18)14-8-4-9-16-2/h3,5,10-11H,4,6-9H2,1-2H3,(H2,14,15,18). The fourth-order valence-electron chi connectivity index (χ4n) is 1.58. The summed E-state index contributed by atoms with van der Waals surface area (Å²) in [5.41, 5.74) is 0. The van der Waals surface area contributed by atoms with E-state index in [2.05, 4.69) is 17.6 Å². The second-order valence-electron chi connectivity index (χ2n) is 4.27. The summed E-state index contributed by atoms with van der Waals surface area (Å²) in [7, 11) is 1.70. The van der Waals surface area contributed by atoms with E-state index in [1.165, 1.54) is 0 Å². The Kier molecular flexibility index (Phi) is 7.44. The van der Waals surface area contributed by atoms with Gasteiger partial charge in [0.15, 0.2) is 5.11 Å². The monoisotopic (exact) mass is 270 g/mol. The van der Waals surface area contributed by atoms with Crippen LogP contribution in [0.3, 0.4) is 0 Å². The molecule has 4 nitrogen and oxygen atoms in total. The van der Waals surface area contributed by atoms with E-state index in [1.807, 2.05) is 12.1 Å². The molecule has 18 heavy (non-hydrogen) atoms. The highest BCUT2D eigenvalue weighted by Gasteiger charge is 2.05. The summed E-state index contributed by atoms with van der Waals surface area (Å²) in [6.45, 7) is 3.71. The first-order valence-corrected chi connectivity index (χ1v) is 6.69. The van der Waals surface area contributed by atoms with Gasteiger partial charge in [0, 0.05) is 32.7 Å². The molecule has 1 heterocycles. The molecule has 2 N–H and O–H groups in total. The second kappa shape index (κ2) is 8.94. The Balaban J connectivity index is 2.07. The highest BCUT2D eigenvalue weighted by atomic mass is 32.1. The van der Waals surface area contributed by atoms with Gasteiger partial charge in [-0.15, -0.1) is 0 Å². The first kappa shape index (κ1) is 15.0. The molecule has 1 aromatic rings. The first-order chi connectivity index (χ1) is 8.72. The Morgan fingerprint density at radius 1 is 1.56 bits per heavy atom. The topological polar surface area (TPSA) is 46.4 Å². The van der Waals surface area contributed by atoms with Crippen LogP contribution in [0.1, 0.15) is 25.5 Å². The van der Waals surface area contributed by atoms with Crippen LogP contribution in [0.4, 0.5) is 0 Å². The summed E-state index contributed by atoms with van der Waals surface area (Å²) in [6, 6.07) is 4.24. The quantitative estimate of drug-likeness (QED) is 0.559. The SMILES string of the molecule is COCCCNC(=S)NC(C)CCc1ccco1. The maximum Gasteiger partial charge on any atom is 0.166 e. The minimum atomic E-state index is 0.331. The van der Waals surface area contributed by atoms with Crippen molar-refractivity contribution in [1.29, 1.82) is 0 Å². The summed E-state index contributed by atoms with van der Waals surface area (Å²) in [5, 5.41) is 7.12. The highest BCUT2D eigenvalue weighted by Crippen LogP contribution is 2.05. The third-order valence-corrected chi connectivity index (χ3v) is 2.85. The van der Waals surface area contributed by atoms with Crippen molar-refractivity contribution >= 4 is 17.3 Å². The molecule has 1 aromatic heterocycles. The van der Waals surface area contributed by atoms with Gasteiger partial charge < -0.3 is 19.8 Å². The van der Waals surface area contributed by atoms with Crippen LogP contribution in [0.25, 0.3) is 0 Å². The van der Waals surface area contributed by atoms with Gasteiger partial charge in [-0.2, -0.15) is 0 Å². The number of nitrogens with one attached hydrogen (secondary N) is 2. The number of methoxy groups -OCH3 is 1. The van der Waals surface area contributed by atoms with Gasteiger partial charge in [0.05, 0.1) is 6.26 Å². The minimum Gasteiger partial charge on any atom is -0.469 e. The Morgan fingerprint density at radius 2 is 2.39 bits per heavy atom. The maximum atomic E-state index is 5.29. The summed E-state index contributed by atoms with van der Waals surface area (Å²) in [6.07, 6.45) is 4.58. The molecule has 0 aliphatic rings. The van der Waals surface area contributed by atoms with Gasteiger partial charge in [-0.1, -0.05) is 0 Å². The van der Waals surface area contributed by atoms with Crippen molar-refractivity contribution in [2.45, 2.75) is 32.2 Å². The normalized spacial score (nSPS) is 12.1. The number of hydrogen-bond donors (Lipinski definition) is 2. The Hall–Kier alpha value is -1.07. The van der Waals surface area contributed by atoms with Crippen molar-refractivity contribution in [1.82, 2.24) is 10.6 Å². The van der Waals surface area contributed by atoms with Crippen LogP contribution in [0.2, 0.25) is 0 Å². The van der Waals surface area contributed by atoms with E-state index in [-0.39, 0.29) is 0 Å². The summed E-state index contributed by atoms with van der Waals surface area (Å²) in [5.74, 6) is 1.02. The molecular weight excluding hydrogens is 248 g/mol. The van der Waals surface area contributed by atoms with Crippen molar-refractivity contribution in [2.24, 2.45) is 0 Å². The van der Waals surface area contributed by atoms with Crippen molar-refractivity contribution in [3.8, 4) is 0 Å². The average molecular weight is 270 g/mol. The molecule has 0 aliphatic carbocycles. The van der Waals surface area contributed by atoms with Gasteiger partial charge in [0.25, 0.3) is 0 Å². The van der Waals surface area contributed by atoms with Gasteiger partial charge >= 0.3 is 0 Å². The van der Waals surface area contributed by atoms with Crippen LogP contribution < -0.4 is 10.6 Å². The minimum absolute atomic E-state index is 0.331. The van der Waals surface area contributed by atoms with Crippen molar-refractivity contribution in [2.75, 3.05) is 20.3 Å². The van der Waals surface area contributed by atoms with Gasteiger partial charge in [-0.3, -0.25) is 0 Å². The number of ether oxygens (including phenoxy) is 1. The number of hydrogen-bond acceptors (Lipinski definition) is 3. The lowest BCUT2D eigenvalue weighted by molar-refractivity contribution is 0.195. The third-order valence-electron chi connectivity index (χ3n) is 2.59. The number of rotatable bonds is 8. The van der Waals surface area contributed by atoms with Gasteiger partial charge in [-0.05, 0) is 44.1 Å². The molecule has 1 unspecified atom stereocenters. The van der Waals surface area contributed by atoms with E-state index in [0.29, 0.717) is 11.2 Å². The number of aryl methyl sites for hydroxylation is 1. The summed E-state index contributed by atoms with van der Waals surface area (Å²) < 4.78 is 10.3. The van der Waals surface area contributed by atoms with Crippen LogP contribution in [0, 0.1) is 0 Å². The molecule has 0 amide bonds. The molecule has 5 heteroatoms. The fourth-order valence-corrected chi connectivity index (χ4v) is 1.88. The Morgan fingerprint density at radius 3 is 3.06 bits per heavy atom. The predicted molar refractivity (Wildman–Crippen MR) is 76.7 cm³/mol. The summed E-state index contributed by atoms with van der Waals surface area (Å²) >= 11 is 5.21. The van der Waals surface area contributed by atoms with Crippen LogP contribution in [-0.2, 0) is 11.2 Å². The lowest BCUT2D eigenvalue weighted by atomic mass is 10.1. The number of thiocarbonyl (C=S) groups is 1. The van der Waals surface area contributed by atoms with E-state index in [4.69, 9.17) is 21.4 Å². The predicted octanol–water partition coefficient (Wildman–Crippen LogP) is 2.10. The molecule has 0 bridgehead atoms. The van der Waals surface area contributed by atoms with Gasteiger partial charge in [0.1, 0.15) is 5.76 Å². The molecule has 0 saturated carbocycles. The Labute approximate surface area is 114 Å². The lowest BCUT2D eigenvalue weighted by Gasteiger charge is -2.16. The average Bonchev–Trinajstić information content (AvgIpc) is 2.85.